The van der Waals surface area contributed by atoms with E-state index in [1.54, 1.807) is 0 Å². The van der Waals surface area contributed by atoms with Crippen LogP contribution in [0.2, 0.25) is 5.02 Å². The molecule has 1 aliphatic heterocycles. The van der Waals surface area contributed by atoms with Gasteiger partial charge in [-0.25, -0.2) is 8.78 Å². The number of hydrogen-bond acceptors (Lipinski definition) is 3. The minimum atomic E-state index is -1.12. The van der Waals surface area contributed by atoms with E-state index in [0.29, 0.717) is 25.9 Å². The van der Waals surface area contributed by atoms with E-state index in [0.717, 1.165) is 24.3 Å². The average Bonchev–Trinajstić information content (AvgIpc) is 2.64. The second-order valence-electron chi connectivity index (χ2n) is 6.26. The molecule has 2 amide bonds. The summed E-state index contributed by atoms with van der Waals surface area (Å²) in [5.41, 5.74) is -0.207. The first-order chi connectivity index (χ1) is 12.7. The lowest BCUT2D eigenvalue weighted by atomic mass is 9.95. The Labute approximate surface area is 159 Å². The molecule has 2 N–H and O–H groups in total. The molecule has 2 rings (SSSR count). The highest BCUT2D eigenvalue weighted by molar-refractivity contribution is 6.32. The number of aliphatic carboxylic acids is 1. The molecule has 1 aromatic carbocycles. The number of carboxylic acids is 1. The summed E-state index contributed by atoms with van der Waals surface area (Å²) in [5.74, 6) is -3.80. The number of carbonyl (C=O) groups is 3. The number of piperidine rings is 1. The lowest BCUT2D eigenvalue weighted by molar-refractivity contribution is -0.142. The standard InChI is InChI=1S/C18H19ClF2N2O4/c1-10(18(26)27)22-17(25)11-6-8-23(9-7-11)15(24)5-2-12-13(20)3-4-14(21)16(12)19/h2-5,10-11H,6-9H2,1H3,(H,22,25)(H,26,27)/b5-2+. The topological polar surface area (TPSA) is 86.7 Å². The van der Waals surface area contributed by atoms with E-state index in [1.165, 1.54) is 11.8 Å². The van der Waals surface area contributed by atoms with Crippen LogP contribution >= 0.6 is 11.6 Å². The van der Waals surface area contributed by atoms with Gasteiger partial charge in [-0.05, 0) is 38.0 Å². The lowest BCUT2D eigenvalue weighted by Crippen LogP contribution is -2.46. The van der Waals surface area contributed by atoms with Crippen molar-refractivity contribution < 1.29 is 28.3 Å². The van der Waals surface area contributed by atoms with Gasteiger partial charge < -0.3 is 15.3 Å². The molecule has 27 heavy (non-hydrogen) atoms. The van der Waals surface area contributed by atoms with Crippen molar-refractivity contribution in [3.63, 3.8) is 0 Å². The van der Waals surface area contributed by atoms with Gasteiger partial charge in [0.1, 0.15) is 17.7 Å². The largest absolute Gasteiger partial charge is 0.480 e. The fourth-order valence-electron chi connectivity index (χ4n) is 2.71. The maximum absolute atomic E-state index is 13.7. The van der Waals surface area contributed by atoms with E-state index in [1.807, 2.05) is 0 Å². The highest BCUT2D eigenvalue weighted by Crippen LogP contribution is 2.24. The summed E-state index contributed by atoms with van der Waals surface area (Å²) in [6.45, 7) is 1.96. The Balaban J connectivity index is 1.93. The molecule has 0 aromatic heterocycles. The van der Waals surface area contributed by atoms with Crippen molar-refractivity contribution in [2.24, 2.45) is 5.92 Å². The summed E-state index contributed by atoms with van der Waals surface area (Å²) in [4.78, 5) is 36.5. The van der Waals surface area contributed by atoms with Crippen LogP contribution in [0.3, 0.4) is 0 Å². The van der Waals surface area contributed by atoms with E-state index < -0.39 is 34.6 Å². The Kier molecular flexibility index (Phi) is 6.90. The molecule has 146 valence electrons. The Bertz CT molecular complexity index is 777. The third kappa shape index (κ3) is 5.26. The Morgan fingerprint density at radius 1 is 1.26 bits per heavy atom. The highest BCUT2D eigenvalue weighted by Gasteiger charge is 2.28. The van der Waals surface area contributed by atoms with Crippen LogP contribution in [0.5, 0.6) is 0 Å². The number of rotatable bonds is 5. The molecule has 0 aliphatic carbocycles. The number of hydrogen-bond donors (Lipinski definition) is 2. The van der Waals surface area contributed by atoms with Gasteiger partial charge in [-0.3, -0.25) is 14.4 Å². The first-order valence-corrected chi connectivity index (χ1v) is 8.72. The molecule has 1 unspecified atom stereocenters. The number of halogens is 3. The molecule has 1 aromatic rings. The van der Waals surface area contributed by atoms with Crippen LogP contribution in [0.15, 0.2) is 18.2 Å². The van der Waals surface area contributed by atoms with Crippen molar-refractivity contribution >= 4 is 35.5 Å². The van der Waals surface area contributed by atoms with Gasteiger partial charge >= 0.3 is 5.97 Å². The normalized spacial score (nSPS) is 16.4. The van der Waals surface area contributed by atoms with Crippen molar-refractivity contribution in [1.29, 1.82) is 0 Å². The van der Waals surface area contributed by atoms with Gasteiger partial charge in [0.15, 0.2) is 0 Å². The van der Waals surface area contributed by atoms with Gasteiger partial charge in [-0.2, -0.15) is 0 Å². The Morgan fingerprint density at radius 3 is 2.44 bits per heavy atom. The summed E-state index contributed by atoms with van der Waals surface area (Å²) in [5, 5.41) is 10.8. The van der Waals surface area contributed by atoms with Gasteiger partial charge in [0.05, 0.1) is 5.02 Å². The van der Waals surface area contributed by atoms with E-state index >= 15 is 0 Å². The fourth-order valence-corrected chi connectivity index (χ4v) is 2.93. The van der Waals surface area contributed by atoms with Crippen molar-refractivity contribution in [3.8, 4) is 0 Å². The predicted octanol–water partition coefficient (Wildman–Crippen LogP) is 2.46. The van der Waals surface area contributed by atoms with Crippen molar-refractivity contribution in [1.82, 2.24) is 10.2 Å². The van der Waals surface area contributed by atoms with Gasteiger partial charge in [0.2, 0.25) is 11.8 Å². The van der Waals surface area contributed by atoms with Crippen LogP contribution in [0.25, 0.3) is 6.08 Å². The van der Waals surface area contributed by atoms with Crippen molar-refractivity contribution in [2.45, 2.75) is 25.8 Å². The summed E-state index contributed by atoms with van der Waals surface area (Å²) in [6.07, 6.45) is 2.99. The smallest absolute Gasteiger partial charge is 0.325 e. The number of likely N-dealkylation sites (tertiary alicyclic amines) is 1. The Hall–Kier alpha value is -2.48. The molecule has 0 bridgehead atoms. The molecule has 1 heterocycles. The van der Waals surface area contributed by atoms with Crippen LogP contribution in [0.4, 0.5) is 8.78 Å². The summed E-state index contributed by atoms with van der Waals surface area (Å²) in [6, 6.07) is 0.844. The predicted molar refractivity (Wildman–Crippen MR) is 94.9 cm³/mol. The minimum Gasteiger partial charge on any atom is -0.480 e. The highest BCUT2D eigenvalue weighted by atomic mass is 35.5. The van der Waals surface area contributed by atoms with Crippen LogP contribution in [0.1, 0.15) is 25.3 Å². The number of carbonyl (C=O) groups excluding carboxylic acids is 2. The molecule has 1 aliphatic rings. The maximum Gasteiger partial charge on any atom is 0.325 e. The molecule has 6 nitrogen and oxygen atoms in total. The maximum atomic E-state index is 13.7. The second-order valence-corrected chi connectivity index (χ2v) is 6.64. The zero-order valence-corrected chi connectivity index (χ0v) is 15.3. The van der Waals surface area contributed by atoms with Crippen LogP contribution < -0.4 is 5.32 Å². The average molecular weight is 401 g/mol. The number of nitrogens with one attached hydrogen (secondary N) is 1. The van der Waals surface area contributed by atoms with Gasteiger partial charge in [0.25, 0.3) is 0 Å². The van der Waals surface area contributed by atoms with Crippen LogP contribution in [-0.4, -0.2) is 46.9 Å². The van der Waals surface area contributed by atoms with Crippen LogP contribution in [0, 0.1) is 17.6 Å². The summed E-state index contributed by atoms with van der Waals surface area (Å²) < 4.78 is 27.1. The second kappa shape index (κ2) is 8.94. The molecular weight excluding hydrogens is 382 g/mol. The molecule has 1 fully saturated rings. The zero-order valence-electron chi connectivity index (χ0n) is 14.5. The third-order valence-corrected chi connectivity index (χ3v) is 4.76. The van der Waals surface area contributed by atoms with Crippen molar-refractivity contribution in [2.75, 3.05) is 13.1 Å². The molecular formula is C18H19ClF2N2O4. The first-order valence-electron chi connectivity index (χ1n) is 8.34. The fraction of sp³-hybridized carbons (Fsp3) is 0.389. The molecule has 0 saturated carbocycles. The minimum absolute atomic E-state index is 0.207. The summed E-state index contributed by atoms with van der Waals surface area (Å²) >= 11 is 5.71. The van der Waals surface area contributed by atoms with Crippen molar-refractivity contribution in [3.05, 3.63) is 40.4 Å². The number of carboxylic acid groups (broad SMARTS) is 1. The number of benzene rings is 1. The number of nitrogens with zero attached hydrogens (tertiary/aromatic N) is 1. The van der Waals surface area contributed by atoms with Gasteiger partial charge in [-0.1, -0.05) is 11.6 Å². The van der Waals surface area contributed by atoms with Crippen LogP contribution in [-0.2, 0) is 14.4 Å². The van der Waals surface area contributed by atoms with E-state index in [2.05, 4.69) is 5.32 Å². The van der Waals surface area contributed by atoms with Gasteiger partial charge in [-0.15, -0.1) is 0 Å². The molecule has 0 radical (unpaired) electrons. The monoisotopic (exact) mass is 400 g/mol. The quantitative estimate of drug-likeness (QED) is 0.587. The zero-order chi connectivity index (χ0) is 20.1. The Morgan fingerprint density at radius 2 is 1.85 bits per heavy atom. The first kappa shape index (κ1) is 20.8. The third-order valence-electron chi connectivity index (χ3n) is 4.38. The van der Waals surface area contributed by atoms with E-state index in [4.69, 9.17) is 16.7 Å². The molecule has 1 atom stereocenters. The SMILES string of the molecule is CC(NC(=O)C1CCN(C(=O)/C=C/c2c(F)ccc(F)c2Cl)CC1)C(=O)O. The molecule has 9 heteroatoms. The van der Waals surface area contributed by atoms with E-state index in [9.17, 15) is 23.2 Å². The molecule has 0 spiro atoms. The number of amides is 2. The molecule has 1 saturated heterocycles. The van der Waals surface area contributed by atoms with Gasteiger partial charge in [0, 0.05) is 30.6 Å². The lowest BCUT2D eigenvalue weighted by Gasteiger charge is -2.31. The van der Waals surface area contributed by atoms with E-state index in [-0.39, 0.29) is 17.4 Å². The summed E-state index contributed by atoms with van der Waals surface area (Å²) in [7, 11) is 0.